The predicted molar refractivity (Wildman–Crippen MR) is 69.9 cm³/mol. The van der Waals surface area contributed by atoms with Gasteiger partial charge in [0.15, 0.2) is 5.11 Å². The van der Waals surface area contributed by atoms with Gasteiger partial charge in [0.05, 0.1) is 13.1 Å². The van der Waals surface area contributed by atoms with E-state index in [1.165, 1.54) is 11.3 Å². The van der Waals surface area contributed by atoms with Gasteiger partial charge in [-0.3, -0.25) is 4.90 Å². The molecule has 1 unspecified atom stereocenters. The molecule has 1 aliphatic rings. The van der Waals surface area contributed by atoms with E-state index in [-0.39, 0.29) is 12.2 Å². The number of nitrogens with two attached hydrogens (primary N) is 1. The maximum atomic E-state index is 11.6. The van der Waals surface area contributed by atoms with Gasteiger partial charge in [-0.25, -0.2) is 10.6 Å². The molecular formula is C9H12N4O2S2. The number of thiocarbonyl (C=S) groups is 1. The Labute approximate surface area is 108 Å². The Morgan fingerprint density at radius 1 is 1.76 bits per heavy atom. The Hall–Kier alpha value is -1.38. The molecule has 1 saturated heterocycles. The van der Waals surface area contributed by atoms with Gasteiger partial charge >= 0.3 is 6.09 Å². The topological polar surface area (TPSA) is 79.6 Å². The molecule has 1 amide bonds. The van der Waals surface area contributed by atoms with Gasteiger partial charge in [-0.2, -0.15) is 0 Å². The highest BCUT2D eigenvalue weighted by Gasteiger charge is 2.32. The first kappa shape index (κ1) is 12.1. The van der Waals surface area contributed by atoms with E-state index in [9.17, 15) is 4.79 Å². The van der Waals surface area contributed by atoms with E-state index in [1.54, 1.807) is 4.90 Å². The molecular weight excluding hydrogens is 260 g/mol. The van der Waals surface area contributed by atoms with Crippen LogP contribution < -0.4 is 21.5 Å². The van der Waals surface area contributed by atoms with Crippen molar-refractivity contribution in [2.24, 2.45) is 5.84 Å². The van der Waals surface area contributed by atoms with E-state index in [2.05, 4.69) is 10.7 Å². The maximum absolute atomic E-state index is 11.6. The van der Waals surface area contributed by atoms with Crippen LogP contribution in [0.2, 0.25) is 0 Å². The molecule has 8 heteroatoms. The van der Waals surface area contributed by atoms with Gasteiger partial charge in [0.2, 0.25) is 0 Å². The van der Waals surface area contributed by atoms with Gasteiger partial charge in [-0.05, 0) is 29.7 Å². The summed E-state index contributed by atoms with van der Waals surface area (Å²) in [6, 6.07) is 3.78. The molecule has 1 atom stereocenters. The molecule has 92 valence electrons. The Bertz CT molecular complexity index is 409. The van der Waals surface area contributed by atoms with E-state index < -0.39 is 0 Å². The molecule has 0 bridgehead atoms. The van der Waals surface area contributed by atoms with Crippen LogP contribution in [0.25, 0.3) is 0 Å². The van der Waals surface area contributed by atoms with Crippen LogP contribution in [0.5, 0.6) is 0 Å². The van der Waals surface area contributed by atoms with Crippen molar-refractivity contribution in [1.29, 1.82) is 0 Å². The lowest BCUT2D eigenvalue weighted by Crippen LogP contribution is -2.43. The highest BCUT2D eigenvalue weighted by molar-refractivity contribution is 7.80. The summed E-state index contributed by atoms with van der Waals surface area (Å²) in [7, 11) is 0. The Morgan fingerprint density at radius 3 is 3.24 bits per heavy atom. The number of anilines is 1. The van der Waals surface area contributed by atoms with Crippen LogP contribution >= 0.6 is 23.6 Å². The second kappa shape index (κ2) is 5.30. The lowest BCUT2D eigenvalue weighted by molar-refractivity contribution is 0.143. The summed E-state index contributed by atoms with van der Waals surface area (Å²) in [5.41, 5.74) is 2.31. The molecule has 0 spiro atoms. The number of ether oxygens (including phenoxy) is 1. The van der Waals surface area contributed by atoms with E-state index in [4.69, 9.17) is 22.8 Å². The molecule has 0 radical (unpaired) electrons. The van der Waals surface area contributed by atoms with E-state index in [0.717, 1.165) is 5.00 Å². The first-order chi connectivity index (χ1) is 8.20. The largest absolute Gasteiger partial charge is 0.442 e. The lowest BCUT2D eigenvalue weighted by Gasteiger charge is -2.11. The average Bonchev–Trinajstić information content (AvgIpc) is 2.94. The average molecular weight is 272 g/mol. The number of thiophene rings is 1. The fourth-order valence-corrected chi connectivity index (χ4v) is 2.30. The summed E-state index contributed by atoms with van der Waals surface area (Å²) < 4.78 is 5.20. The van der Waals surface area contributed by atoms with Gasteiger partial charge in [-0.1, -0.05) is 0 Å². The molecule has 1 aromatic rings. The smallest absolute Gasteiger partial charge is 0.415 e. The van der Waals surface area contributed by atoms with Crippen molar-refractivity contribution in [2.75, 3.05) is 18.0 Å². The summed E-state index contributed by atoms with van der Waals surface area (Å²) in [5.74, 6) is 5.12. The Morgan fingerprint density at radius 2 is 2.59 bits per heavy atom. The third-order valence-electron chi connectivity index (χ3n) is 2.27. The number of nitrogens with one attached hydrogen (secondary N) is 2. The van der Waals surface area contributed by atoms with E-state index in [1.807, 2.05) is 17.5 Å². The minimum absolute atomic E-state index is 0.226. The van der Waals surface area contributed by atoms with Crippen molar-refractivity contribution in [3.8, 4) is 0 Å². The fraction of sp³-hybridized carbons (Fsp3) is 0.333. The Balaban J connectivity index is 1.89. The van der Waals surface area contributed by atoms with E-state index in [0.29, 0.717) is 18.2 Å². The molecule has 4 N–H and O–H groups in total. The predicted octanol–water partition coefficient (Wildman–Crippen LogP) is 0.411. The third kappa shape index (κ3) is 2.84. The normalized spacial score (nSPS) is 19.0. The molecule has 0 aliphatic carbocycles. The number of hydrogen-bond acceptors (Lipinski definition) is 5. The summed E-state index contributed by atoms with van der Waals surface area (Å²) in [6.07, 6.45) is -0.554. The molecule has 0 aromatic carbocycles. The molecule has 2 rings (SSSR count). The quantitative estimate of drug-likeness (QED) is 0.420. The van der Waals surface area contributed by atoms with Crippen LogP contribution in [0.1, 0.15) is 0 Å². The molecule has 1 aliphatic heterocycles. The second-order valence-corrected chi connectivity index (χ2v) is 4.76. The second-order valence-electron chi connectivity index (χ2n) is 3.42. The van der Waals surface area contributed by atoms with Crippen LogP contribution in [0.4, 0.5) is 9.80 Å². The molecule has 0 saturated carbocycles. The van der Waals surface area contributed by atoms with Crippen molar-refractivity contribution in [3.05, 3.63) is 17.5 Å². The monoisotopic (exact) mass is 272 g/mol. The maximum Gasteiger partial charge on any atom is 0.415 e. The standard InChI is InChI=1S/C9H12N4O2S2/c10-12-8(16)11-4-6-5-13(9(14)15-6)7-2-1-3-17-7/h1-3,6H,4-5,10H2,(H2,11,12,16). The van der Waals surface area contributed by atoms with Gasteiger partial charge in [0.25, 0.3) is 0 Å². The summed E-state index contributed by atoms with van der Waals surface area (Å²) in [6.45, 7) is 0.955. The first-order valence-corrected chi connectivity index (χ1v) is 6.25. The van der Waals surface area contributed by atoms with Crippen LogP contribution in [0.15, 0.2) is 17.5 Å². The van der Waals surface area contributed by atoms with Crippen molar-refractivity contribution < 1.29 is 9.53 Å². The van der Waals surface area contributed by atoms with Gasteiger partial charge < -0.3 is 15.5 Å². The molecule has 2 heterocycles. The van der Waals surface area contributed by atoms with Crippen molar-refractivity contribution >= 4 is 39.8 Å². The third-order valence-corrected chi connectivity index (χ3v) is 3.42. The molecule has 6 nitrogen and oxygen atoms in total. The molecule has 1 fully saturated rings. The highest BCUT2D eigenvalue weighted by Crippen LogP contribution is 2.25. The minimum atomic E-state index is -0.328. The van der Waals surface area contributed by atoms with Crippen LogP contribution in [-0.4, -0.2) is 30.4 Å². The minimum Gasteiger partial charge on any atom is -0.442 e. The van der Waals surface area contributed by atoms with Crippen molar-refractivity contribution in [2.45, 2.75) is 6.10 Å². The summed E-state index contributed by atoms with van der Waals surface area (Å²) >= 11 is 6.33. The van der Waals surface area contributed by atoms with Crippen molar-refractivity contribution in [3.63, 3.8) is 0 Å². The summed E-state index contributed by atoms with van der Waals surface area (Å²) in [4.78, 5) is 13.2. The van der Waals surface area contributed by atoms with Crippen molar-refractivity contribution in [1.82, 2.24) is 10.7 Å². The first-order valence-electron chi connectivity index (χ1n) is 4.97. The van der Waals surface area contributed by atoms with E-state index >= 15 is 0 Å². The van der Waals surface area contributed by atoms with Gasteiger partial charge in [0.1, 0.15) is 11.1 Å². The molecule has 1 aromatic heterocycles. The fourth-order valence-electron chi connectivity index (χ4n) is 1.49. The van der Waals surface area contributed by atoms with Crippen LogP contribution in [0, 0.1) is 0 Å². The Kier molecular flexibility index (Phi) is 3.77. The zero-order chi connectivity index (χ0) is 12.3. The number of hydrazine groups is 1. The van der Waals surface area contributed by atoms with Gasteiger partial charge in [-0.15, -0.1) is 11.3 Å². The number of cyclic esters (lactones) is 1. The summed E-state index contributed by atoms with van der Waals surface area (Å²) in [5, 5.41) is 5.99. The zero-order valence-electron chi connectivity index (χ0n) is 8.88. The zero-order valence-corrected chi connectivity index (χ0v) is 10.5. The highest BCUT2D eigenvalue weighted by atomic mass is 32.1. The number of carbonyl (C=O) groups excluding carboxylic acids is 1. The number of amides is 1. The number of nitrogens with zero attached hydrogens (tertiary/aromatic N) is 1. The number of rotatable bonds is 3. The number of hydrogen-bond donors (Lipinski definition) is 3. The number of carbonyl (C=O) groups is 1. The van der Waals surface area contributed by atoms with Crippen LogP contribution in [-0.2, 0) is 4.74 Å². The molecule has 17 heavy (non-hydrogen) atoms. The SMILES string of the molecule is NNC(=S)NCC1CN(c2cccs2)C(=O)O1. The lowest BCUT2D eigenvalue weighted by atomic mass is 10.3. The van der Waals surface area contributed by atoms with Crippen LogP contribution in [0.3, 0.4) is 0 Å². The van der Waals surface area contributed by atoms with Gasteiger partial charge in [0, 0.05) is 0 Å².